The lowest BCUT2D eigenvalue weighted by Crippen LogP contribution is -1.99. The second-order valence-electron chi connectivity index (χ2n) is 13.9. The Morgan fingerprint density at radius 3 is 1.49 bits per heavy atom. The second kappa shape index (κ2) is 11.8. The molecule has 254 valence electrons. The van der Waals surface area contributed by atoms with E-state index >= 15 is 0 Å². The number of nitrogens with zero attached hydrogens (tertiary/aromatic N) is 5. The molecular weight excluding hydrogens is 671 g/mol. The van der Waals surface area contributed by atoms with Crippen LogP contribution < -0.4 is 0 Å². The van der Waals surface area contributed by atoms with Crippen molar-refractivity contribution in [3.63, 3.8) is 0 Å². The molecule has 0 saturated heterocycles. The highest BCUT2D eigenvalue weighted by molar-refractivity contribution is 6.13. The summed E-state index contributed by atoms with van der Waals surface area (Å²) in [6.45, 7) is 16.1. The van der Waals surface area contributed by atoms with Gasteiger partial charge in [-0.3, -0.25) is 0 Å². The van der Waals surface area contributed by atoms with Crippen LogP contribution in [0.3, 0.4) is 0 Å². The minimum atomic E-state index is 0.549. The third-order valence-electron chi connectivity index (χ3n) is 11.1. The van der Waals surface area contributed by atoms with Crippen LogP contribution in [0.4, 0.5) is 11.4 Å². The fraction of sp³-hybridized carbons (Fsp3) is 0. The Hall–Kier alpha value is -7.86. The highest BCUT2D eigenvalue weighted by atomic mass is 15.0. The van der Waals surface area contributed by atoms with Crippen LogP contribution in [0.2, 0.25) is 0 Å². The predicted molar refractivity (Wildman–Crippen MR) is 227 cm³/mol. The largest absolute Gasteiger partial charge is 0.320 e. The molecule has 0 amide bonds. The van der Waals surface area contributed by atoms with Crippen molar-refractivity contribution in [2.75, 3.05) is 0 Å². The summed E-state index contributed by atoms with van der Waals surface area (Å²) >= 11 is 0. The van der Waals surface area contributed by atoms with Crippen molar-refractivity contribution in [3.05, 3.63) is 199 Å². The molecule has 3 heterocycles. The quantitative estimate of drug-likeness (QED) is 0.163. The SMILES string of the molecule is [C-]#[N+]c1ccc2c3ccccc3n(-c3c([N+]#[C-])cccc3-c3cccc(-n4c5ccccc5c5cc(-n6c7ccccc7c7ccccc76)ccc54)c3)c2c1. The van der Waals surface area contributed by atoms with E-state index in [1.165, 1.54) is 32.6 Å². The Morgan fingerprint density at radius 1 is 0.345 bits per heavy atom. The van der Waals surface area contributed by atoms with Crippen molar-refractivity contribution in [2.45, 2.75) is 0 Å². The Labute approximate surface area is 316 Å². The van der Waals surface area contributed by atoms with Crippen molar-refractivity contribution < 1.29 is 0 Å². The zero-order chi connectivity index (χ0) is 36.6. The summed E-state index contributed by atoms with van der Waals surface area (Å²) in [5.41, 5.74) is 12.5. The van der Waals surface area contributed by atoms with Crippen LogP contribution in [0.5, 0.6) is 0 Å². The van der Waals surface area contributed by atoms with Crippen LogP contribution in [-0.2, 0) is 0 Å². The molecule has 0 aliphatic rings. The van der Waals surface area contributed by atoms with E-state index in [0.717, 1.165) is 61.0 Å². The summed E-state index contributed by atoms with van der Waals surface area (Å²) in [4.78, 5) is 7.81. The van der Waals surface area contributed by atoms with E-state index < -0.39 is 0 Å². The van der Waals surface area contributed by atoms with E-state index in [4.69, 9.17) is 13.1 Å². The molecule has 0 atom stereocenters. The van der Waals surface area contributed by atoms with Crippen molar-refractivity contribution in [1.82, 2.24) is 13.7 Å². The zero-order valence-electron chi connectivity index (χ0n) is 29.5. The number of hydrogen-bond acceptors (Lipinski definition) is 0. The number of aromatic nitrogens is 3. The summed E-state index contributed by atoms with van der Waals surface area (Å²) in [6, 6.07) is 61.4. The molecule has 0 N–H and O–H groups in total. The van der Waals surface area contributed by atoms with Gasteiger partial charge in [-0.1, -0.05) is 115 Å². The number of para-hydroxylation sites is 5. The summed E-state index contributed by atoms with van der Waals surface area (Å²) in [7, 11) is 0. The Bertz CT molecular complexity index is 3420. The van der Waals surface area contributed by atoms with Gasteiger partial charge in [0.1, 0.15) is 0 Å². The molecule has 0 unspecified atom stereocenters. The van der Waals surface area contributed by atoms with Crippen molar-refractivity contribution in [3.8, 4) is 28.2 Å². The van der Waals surface area contributed by atoms with Crippen LogP contribution in [-0.4, -0.2) is 13.7 Å². The lowest BCUT2D eigenvalue weighted by Gasteiger charge is -2.17. The number of benzene rings is 8. The third-order valence-corrected chi connectivity index (χ3v) is 11.1. The first kappa shape index (κ1) is 30.7. The maximum atomic E-state index is 8.29. The molecule has 0 aliphatic heterocycles. The molecule has 0 aliphatic carbocycles. The van der Waals surface area contributed by atoms with E-state index in [1.54, 1.807) is 0 Å². The van der Waals surface area contributed by atoms with E-state index in [9.17, 15) is 0 Å². The lowest BCUT2D eigenvalue weighted by atomic mass is 10.0. The first-order valence-corrected chi connectivity index (χ1v) is 18.3. The Balaban J connectivity index is 1.14. The number of rotatable bonds is 4. The first-order chi connectivity index (χ1) is 27.2. The van der Waals surface area contributed by atoms with Crippen LogP contribution in [0, 0.1) is 13.1 Å². The minimum Gasteiger partial charge on any atom is -0.320 e. The van der Waals surface area contributed by atoms with Gasteiger partial charge in [-0.2, -0.15) is 0 Å². The summed E-state index contributed by atoms with van der Waals surface area (Å²) < 4.78 is 6.90. The lowest BCUT2D eigenvalue weighted by molar-refractivity contribution is 1.16. The molecule has 0 radical (unpaired) electrons. The fourth-order valence-electron chi connectivity index (χ4n) is 8.75. The average Bonchev–Trinajstić information content (AvgIpc) is 3.88. The Morgan fingerprint density at radius 2 is 0.873 bits per heavy atom. The Kier molecular flexibility index (Phi) is 6.61. The fourth-order valence-corrected chi connectivity index (χ4v) is 8.75. The molecule has 11 rings (SSSR count). The van der Waals surface area contributed by atoms with Gasteiger partial charge >= 0.3 is 0 Å². The highest BCUT2D eigenvalue weighted by Gasteiger charge is 2.21. The molecule has 0 saturated carbocycles. The van der Waals surface area contributed by atoms with Crippen molar-refractivity contribution >= 4 is 76.8 Å². The molecule has 5 heteroatoms. The molecule has 11 aromatic rings. The molecule has 0 spiro atoms. The first-order valence-electron chi connectivity index (χ1n) is 18.3. The smallest absolute Gasteiger partial charge is 0.211 e. The monoisotopic (exact) mass is 699 g/mol. The maximum Gasteiger partial charge on any atom is 0.211 e. The topological polar surface area (TPSA) is 23.5 Å². The van der Waals surface area contributed by atoms with Crippen LogP contribution in [0.1, 0.15) is 0 Å². The van der Waals surface area contributed by atoms with E-state index in [-0.39, 0.29) is 0 Å². The highest BCUT2D eigenvalue weighted by Crippen LogP contribution is 2.43. The van der Waals surface area contributed by atoms with Gasteiger partial charge in [0.15, 0.2) is 5.69 Å². The predicted octanol–water partition coefficient (Wildman–Crippen LogP) is 13.7. The van der Waals surface area contributed by atoms with Gasteiger partial charge in [0.25, 0.3) is 0 Å². The molecule has 0 bridgehead atoms. The van der Waals surface area contributed by atoms with Gasteiger partial charge in [0.2, 0.25) is 5.69 Å². The van der Waals surface area contributed by atoms with Gasteiger partial charge < -0.3 is 13.7 Å². The normalized spacial score (nSPS) is 11.6. The average molecular weight is 700 g/mol. The summed E-state index contributed by atoms with van der Waals surface area (Å²) in [6.07, 6.45) is 0. The number of hydrogen-bond donors (Lipinski definition) is 0. The summed E-state index contributed by atoms with van der Waals surface area (Å²) in [5.74, 6) is 0. The van der Waals surface area contributed by atoms with Crippen molar-refractivity contribution in [2.24, 2.45) is 0 Å². The van der Waals surface area contributed by atoms with Crippen LogP contribution >= 0.6 is 0 Å². The van der Waals surface area contributed by atoms with Crippen LogP contribution in [0.15, 0.2) is 176 Å². The molecule has 8 aromatic carbocycles. The summed E-state index contributed by atoms with van der Waals surface area (Å²) in [5, 5.41) is 6.98. The van der Waals surface area contributed by atoms with Crippen LogP contribution in [0.25, 0.3) is 103 Å². The molecule has 5 nitrogen and oxygen atoms in total. The zero-order valence-corrected chi connectivity index (χ0v) is 29.5. The van der Waals surface area contributed by atoms with E-state index in [1.807, 2.05) is 42.5 Å². The van der Waals surface area contributed by atoms with Gasteiger partial charge in [-0.25, -0.2) is 9.69 Å². The van der Waals surface area contributed by atoms with Gasteiger partial charge in [0.05, 0.1) is 46.4 Å². The van der Waals surface area contributed by atoms with Crippen molar-refractivity contribution in [1.29, 1.82) is 0 Å². The second-order valence-corrected chi connectivity index (χ2v) is 13.9. The number of fused-ring (bicyclic) bond motifs is 9. The van der Waals surface area contributed by atoms with Gasteiger partial charge in [-0.05, 0) is 71.8 Å². The molecule has 55 heavy (non-hydrogen) atoms. The molecule has 3 aromatic heterocycles. The maximum absolute atomic E-state index is 8.29. The molecule has 0 fully saturated rings. The standard InChI is InChI=1S/C50H29N5/c1-51-33-25-27-41-39-17-5-10-24-47(39)55(49(41)30-33)50-36(19-12-20-43(50)52-2)32-13-11-14-34(29-32)53-46-23-9-6-18-40(46)42-31-35(26-28-48(42)53)54-44-21-7-3-15-37(44)38-16-4-8-22-45(38)54/h3-31H. The van der Waals surface area contributed by atoms with E-state index in [2.05, 4.69) is 157 Å². The molecular formula is C50H29N5. The minimum absolute atomic E-state index is 0.549. The third kappa shape index (κ3) is 4.45. The van der Waals surface area contributed by atoms with Gasteiger partial charge in [0, 0.05) is 49.2 Å². The van der Waals surface area contributed by atoms with E-state index in [0.29, 0.717) is 11.4 Å². The van der Waals surface area contributed by atoms with Gasteiger partial charge in [-0.15, -0.1) is 0 Å².